The Hall–Kier alpha value is -1.05. The van der Waals surface area contributed by atoms with Gasteiger partial charge in [-0.1, -0.05) is 0 Å². The minimum Gasteiger partial charge on any atom is -0.326 e. The molecule has 1 aliphatic rings. The Kier molecular flexibility index (Phi) is 2.92. The molecule has 1 aromatic heterocycles. The van der Waals surface area contributed by atoms with Crippen LogP contribution in [0.25, 0.3) is 0 Å². The number of halogens is 1. The second-order valence-electron chi connectivity index (χ2n) is 3.70. The number of sulfonamides is 1. The normalized spacial score (nSPS) is 22.5. The van der Waals surface area contributed by atoms with Gasteiger partial charge in [-0.25, -0.2) is 17.8 Å². The molecule has 2 heterocycles. The van der Waals surface area contributed by atoms with Crippen LogP contribution in [0.2, 0.25) is 0 Å². The first kappa shape index (κ1) is 11.4. The fourth-order valence-electron chi connectivity index (χ4n) is 1.66. The van der Waals surface area contributed by atoms with Crippen LogP contribution in [-0.4, -0.2) is 36.8 Å². The Morgan fingerprint density at radius 2 is 2.31 bits per heavy atom. The van der Waals surface area contributed by atoms with Gasteiger partial charge in [0.2, 0.25) is 5.03 Å². The summed E-state index contributed by atoms with van der Waals surface area (Å²) in [7, 11) is -3.84. The Morgan fingerprint density at radius 3 is 2.88 bits per heavy atom. The van der Waals surface area contributed by atoms with Crippen molar-refractivity contribution in [1.82, 2.24) is 9.29 Å². The minimum absolute atomic E-state index is 0.179. The highest BCUT2D eigenvalue weighted by Gasteiger charge is 2.33. The van der Waals surface area contributed by atoms with Gasteiger partial charge in [0.1, 0.15) is 0 Å². The first-order valence-electron chi connectivity index (χ1n) is 4.88. The number of hydrogen-bond donors (Lipinski definition) is 1. The van der Waals surface area contributed by atoms with Crippen molar-refractivity contribution in [2.45, 2.75) is 17.5 Å². The molecule has 1 aromatic rings. The molecule has 16 heavy (non-hydrogen) atoms. The van der Waals surface area contributed by atoms with Crippen molar-refractivity contribution >= 4 is 10.0 Å². The summed E-state index contributed by atoms with van der Waals surface area (Å²) < 4.78 is 38.4. The van der Waals surface area contributed by atoms with Gasteiger partial charge in [-0.3, -0.25) is 0 Å². The van der Waals surface area contributed by atoms with Crippen LogP contribution in [-0.2, 0) is 10.0 Å². The van der Waals surface area contributed by atoms with Gasteiger partial charge < -0.3 is 5.73 Å². The van der Waals surface area contributed by atoms with E-state index in [4.69, 9.17) is 5.73 Å². The van der Waals surface area contributed by atoms with Crippen LogP contribution < -0.4 is 5.73 Å². The third kappa shape index (κ3) is 1.93. The molecular weight excluding hydrogens is 233 g/mol. The van der Waals surface area contributed by atoms with Crippen molar-refractivity contribution in [2.75, 3.05) is 13.1 Å². The van der Waals surface area contributed by atoms with E-state index in [1.165, 1.54) is 16.6 Å². The lowest BCUT2D eigenvalue weighted by Crippen LogP contribution is -2.32. The van der Waals surface area contributed by atoms with Gasteiger partial charge in [-0.2, -0.15) is 4.31 Å². The Morgan fingerprint density at radius 1 is 1.56 bits per heavy atom. The summed E-state index contributed by atoms with van der Waals surface area (Å²) in [5.74, 6) is -0.831. The van der Waals surface area contributed by atoms with Crippen molar-refractivity contribution in [3.05, 3.63) is 24.1 Å². The largest absolute Gasteiger partial charge is 0.326 e. The number of rotatable bonds is 2. The predicted octanol–water partition coefficient (Wildman–Crippen LogP) is -0.0576. The predicted molar refractivity (Wildman–Crippen MR) is 55.5 cm³/mol. The van der Waals surface area contributed by atoms with E-state index < -0.39 is 20.9 Å². The quantitative estimate of drug-likeness (QED) is 0.792. The lowest BCUT2D eigenvalue weighted by molar-refractivity contribution is 0.460. The smallest absolute Gasteiger partial charge is 0.263 e. The Bertz CT molecular complexity index is 491. The van der Waals surface area contributed by atoms with Crippen molar-refractivity contribution < 1.29 is 12.8 Å². The molecule has 2 N–H and O–H groups in total. The van der Waals surface area contributed by atoms with E-state index in [-0.39, 0.29) is 12.6 Å². The highest BCUT2D eigenvalue weighted by molar-refractivity contribution is 7.89. The molecule has 5 nitrogen and oxygen atoms in total. The van der Waals surface area contributed by atoms with Crippen LogP contribution in [0.1, 0.15) is 6.42 Å². The molecule has 88 valence electrons. The van der Waals surface area contributed by atoms with Crippen LogP contribution in [0.3, 0.4) is 0 Å². The Balaban J connectivity index is 2.36. The molecule has 0 aromatic carbocycles. The van der Waals surface area contributed by atoms with E-state index in [2.05, 4.69) is 4.98 Å². The molecule has 1 fully saturated rings. The average Bonchev–Trinajstić information content (AvgIpc) is 2.66. The van der Waals surface area contributed by atoms with Crippen LogP contribution in [0.5, 0.6) is 0 Å². The van der Waals surface area contributed by atoms with Crippen molar-refractivity contribution in [3.8, 4) is 0 Å². The molecule has 1 unspecified atom stereocenters. The van der Waals surface area contributed by atoms with Crippen LogP contribution in [0.4, 0.5) is 4.39 Å². The highest BCUT2D eigenvalue weighted by Crippen LogP contribution is 2.20. The highest BCUT2D eigenvalue weighted by atomic mass is 32.2. The van der Waals surface area contributed by atoms with Gasteiger partial charge in [0.25, 0.3) is 10.0 Å². The number of aromatic nitrogens is 1. The topological polar surface area (TPSA) is 76.3 Å². The molecule has 0 radical (unpaired) electrons. The molecule has 1 atom stereocenters. The molecule has 2 rings (SSSR count). The monoisotopic (exact) mass is 245 g/mol. The zero-order valence-electron chi connectivity index (χ0n) is 8.51. The maximum Gasteiger partial charge on any atom is 0.263 e. The molecule has 0 spiro atoms. The molecule has 0 amide bonds. The first-order chi connectivity index (χ1) is 7.51. The second kappa shape index (κ2) is 4.08. The molecule has 0 aliphatic carbocycles. The zero-order chi connectivity index (χ0) is 11.8. The third-order valence-electron chi connectivity index (χ3n) is 2.50. The van der Waals surface area contributed by atoms with E-state index in [0.29, 0.717) is 13.0 Å². The first-order valence-corrected chi connectivity index (χ1v) is 6.32. The van der Waals surface area contributed by atoms with Crippen LogP contribution >= 0.6 is 0 Å². The number of nitrogens with two attached hydrogens (primary N) is 1. The third-order valence-corrected chi connectivity index (χ3v) is 4.30. The summed E-state index contributed by atoms with van der Waals surface area (Å²) in [6.45, 7) is 0.540. The van der Waals surface area contributed by atoms with Crippen LogP contribution in [0.15, 0.2) is 23.4 Å². The summed E-state index contributed by atoms with van der Waals surface area (Å²) in [6.07, 6.45) is 1.85. The van der Waals surface area contributed by atoms with Gasteiger partial charge in [0, 0.05) is 25.3 Å². The molecule has 7 heteroatoms. The van der Waals surface area contributed by atoms with Crippen LogP contribution in [0, 0.1) is 5.82 Å². The maximum atomic E-state index is 13.3. The number of nitrogens with zero attached hydrogens (tertiary/aromatic N) is 2. The summed E-state index contributed by atoms with van der Waals surface area (Å²) in [5, 5.41) is -0.524. The lowest BCUT2D eigenvalue weighted by atomic mass is 10.3. The fourth-order valence-corrected chi connectivity index (χ4v) is 3.14. The van der Waals surface area contributed by atoms with Gasteiger partial charge >= 0.3 is 0 Å². The molecule has 0 bridgehead atoms. The summed E-state index contributed by atoms with van der Waals surface area (Å²) in [5.41, 5.74) is 5.62. The van der Waals surface area contributed by atoms with E-state index >= 15 is 0 Å². The van der Waals surface area contributed by atoms with Crippen molar-refractivity contribution in [1.29, 1.82) is 0 Å². The zero-order valence-corrected chi connectivity index (χ0v) is 9.32. The van der Waals surface area contributed by atoms with Gasteiger partial charge in [0.15, 0.2) is 5.82 Å². The van der Waals surface area contributed by atoms with Gasteiger partial charge in [0.05, 0.1) is 0 Å². The summed E-state index contributed by atoms with van der Waals surface area (Å²) in [6, 6.07) is 2.25. The second-order valence-corrected chi connectivity index (χ2v) is 5.56. The van der Waals surface area contributed by atoms with E-state index in [0.717, 1.165) is 6.07 Å². The van der Waals surface area contributed by atoms with Crippen molar-refractivity contribution in [3.63, 3.8) is 0 Å². The van der Waals surface area contributed by atoms with Gasteiger partial charge in [-0.15, -0.1) is 0 Å². The summed E-state index contributed by atoms with van der Waals surface area (Å²) >= 11 is 0. The lowest BCUT2D eigenvalue weighted by Gasteiger charge is -2.15. The maximum absolute atomic E-state index is 13.3. The SMILES string of the molecule is NC1CCN(S(=O)(=O)c2ncccc2F)C1. The average molecular weight is 245 g/mol. The fraction of sp³-hybridized carbons (Fsp3) is 0.444. The molecular formula is C9H12FN3O2S. The Labute approximate surface area is 93.1 Å². The molecule has 0 saturated carbocycles. The van der Waals surface area contributed by atoms with E-state index in [9.17, 15) is 12.8 Å². The van der Waals surface area contributed by atoms with Gasteiger partial charge in [-0.05, 0) is 18.6 Å². The number of hydrogen-bond acceptors (Lipinski definition) is 4. The number of pyridine rings is 1. The standard InChI is InChI=1S/C9H12FN3O2S/c10-8-2-1-4-12-9(8)16(14,15)13-5-3-7(11)6-13/h1-2,4,7H,3,5-6,11H2. The minimum atomic E-state index is -3.84. The summed E-state index contributed by atoms with van der Waals surface area (Å²) in [4.78, 5) is 3.57. The molecule has 1 aliphatic heterocycles. The van der Waals surface area contributed by atoms with E-state index in [1.807, 2.05) is 0 Å². The molecule has 1 saturated heterocycles. The van der Waals surface area contributed by atoms with E-state index in [1.54, 1.807) is 0 Å². The van der Waals surface area contributed by atoms with Crippen molar-refractivity contribution in [2.24, 2.45) is 5.73 Å².